The molecule has 1 heteroatoms. The second-order valence-electron chi connectivity index (χ2n) is 13.4. The van der Waals surface area contributed by atoms with Crippen LogP contribution in [-0.4, -0.2) is 0 Å². The Hall–Kier alpha value is -5.76. The molecule has 0 atom stereocenters. The standard InChI is InChI=1S/C49H31Br/c1-30-36-16-6-8-20-40(36)47(41-21-9-7-17-37(30)41)34-27-33(46-38-18-4-2-14-31(38)26-32-15-3-5-19-39(32)46)28-35(29-34)48-42-22-10-12-24-44(42)49(50)45-25-13-11-23-43(45)48/h2-29H,1H3. The minimum absolute atomic E-state index is 1.14. The summed E-state index contributed by atoms with van der Waals surface area (Å²) in [5.74, 6) is 0. The summed E-state index contributed by atoms with van der Waals surface area (Å²) >= 11 is 4.01. The molecule has 10 aromatic rings. The van der Waals surface area contributed by atoms with E-state index in [9.17, 15) is 0 Å². The highest BCUT2D eigenvalue weighted by molar-refractivity contribution is 9.10. The molecule has 0 spiro atoms. The molecule has 0 saturated carbocycles. The van der Waals surface area contributed by atoms with E-state index in [-0.39, 0.29) is 0 Å². The highest BCUT2D eigenvalue weighted by Gasteiger charge is 2.20. The third-order valence-corrected chi connectivity index (χ3v) is 11.5. The molecule has 0 unspecified atom stereocenters. The fourth-order valence-electron chi connectivity index (χ4n) is 8.43. The molecule has 234 valence electrons. The van der Waals surface area contributed by atoms with E-state index in [1.807, 2.05) is 0 Å². The van der Waals surface area contributed by atoms with Crippen LogP contribution in [0.2, 0.25) is 0 Å². The Bertz CT molecular complexity index is 2690. The Morgan fingerprint density at radius 1 is 0.300 bits per heavy atom. The highest BCUT2D eigenvalue weighted by Crippen LogP contribution is 2.47. The predicted molar refractivity (Wildman–Crippen MR) is 220 cm³/mol. The Morgan fingerprint density at radius 3 is 0.980 bits per heavy atom. The van der Waals surface area contributed by atoms with Crippen molar-refractivity contribution in [2.75, 3.05) is 0 Å². The lowest BCUT2D eigenvalue weighted by Gasteiger charge is -2.20. The first-order valence-electron chi connectivity index (χ1n) is 17.2. The van der Waals surface area contributed by atoms with Crippen LogP contribution >= 0.6 is 15.9 Å². The molecular formula is C49H31Br. The van der Waals surface area contributed by atoms with E-state index in [2.05, 4.69) is 193 Å². The van der Waals surface area contributed by atoms with Crippen molar-refractivity contribution in [1.82, 2.24) is 0 Å². The number of hydrogen-bond acceptors (Lipinski definition) is 0. The SMILES string of the molecule is Cc1c2ccccc2c(-c2cc(-c3c4ccccc4cc4ccccc34)cc(-c3c4ccccc4c(Br)c4ccccc34)c2)c2ccccc12. The monoisotopic (exact) mass is 698 g/mol. The number of fused-ring (bicyclic) bond motifs is 6. The molecule has 0 aliphatic carbocycles. The third kappa shape index (κ3) is 4.37. The fourth-order valence-corrected chi connectivity index (χ4v) is 9.12. The molecule has 10 aromatic carbocycles. The van der Waals surface area contributed by atoms with E-state index in [0.717, 1.165) is 4.47 Å². The van der Waals surface area contributed by atoms with Gasteiger partial charge in [0.15, 0.2) is 0 Å². The zero-order valence-corrected chi connectivity index (χ0v) is 29.1. The van der Waals surface area contributed by atoms with Crippen LogP contribution in [0.4, 0.5) is 0 Å². The number of benzene rings is 10. The largest absolute Gasteiger partial charge is 0.0616 e. The van der Waals surface area contributed by atoms with Crippen molar-refractivity contribution in [1.29, 1.82) is 0 Å². The summed E-state index contributed by atoms with van der Waals surface area (Å²) in [6.07, 6.45) is 0. The van der Waals surface area contributed by atoms with Crippen LogP contribution in [0.1, 0.15) is 5.56 Å². The van der Waals surface area contributed by atoms with Gasteiger partial charge in [-0.15, -0.1) is 0 Å². The average Bonchev–Trinajstić information content (AvgIpc) is 3.17. The molecule has 50 heavy (non-hydrogen) atoms. The van der Waals surface area contributed by atoms with Crippen LogP contribution in [0, 0.1) is 6.92 Å². The van der Waals surface area contributed by atoms with Gasteiger partial charge in [-0.2, -0.15) is 0 Å². The van der Waals surface area contributed by atoms with Gasteiger partial charge in [0.2, 0.25) is 0 Å². The Morgan fingerprint density at radius 2 is 0.580 bits per heavy atom. The van der Waals surface area contributed by atoms with E-state index < -0.39 is 0 Å². The molecule has 0 fully saturated rings. The summed E-state index contributed by atoms with van der Waals surface area (Å²) < 4.78 is 1.14. The van der Waals surface area contributed by atoms with Crippen molar-refractivity contribution in [3.05, 3.63) is 180 Å². The summed E-state index contributed by atoms with van der Waals surface area (Å²) in [4.78, 5) is 0. The maximum absolute atomic E-state index is 4.01. The fraction of sp³-hybridized carbons (Fsp3) is 0.0204. The van der Waals surface area contributed by atoms with Crippen molar-refractivity contribution in [2.45, 2.75) is 6.92 Å². The van der Waals surface area contributed by atoms with Gasteiger partial charge in [-0.3, -0.25) is 0 Å². The minimum Gasteiger partial charge on any atom is -0.0616 e. The number of hydrogen-bond donors (Lipinski definition) is 0. The molecule has 0 aromatic heterocycles. The number of halogens is 1. The van der Waals surface area contributed by atoms with Gasteiger partial charge in [-0.1, -0.05) is 146 Å². The zero-order chi connectivity index (χ0) is 33.3. The van der Waals surface area contributed by atoms with Crippen LogP contribution in [0.5, 0.6) is 0 Å². The molecule has 0 radical (unpaired) electrons. The molecule has 10 rings (SSSR count). The molecule has 0 amide bonds. The number of aryl methyl sites for hydroxylation is 1. The van der Waals surface area contributed by atoms with Crippen LogP contribution in [0.25, 0.3) is 98.0 Å². The molecule has 0 heterocycles. The van der Waals surface area contributed by atoms with Crippen molar-refractivity contribution in [3.8, 4) is 33.4 Å². The van der Waals surface area contributed by atoms with E-state index in [0.29, 0.717) is 0 Å². The van der Waals surface area contributed by atoms with Crippen molar-refractivity contribution in [3.63, 3.8) is 0 Å². The van der Waals surface area contributed by atoms with Crippen molar-refractivity contribution < 1.29 is 0 Å². The lowest BCUT2D eigenvalue weighted by molar-refractivity contribution is 1.57. The summed E-state index contributed by atoms with van der Waals surface area (Å²) in [5, 5.41) is 15.1. The smallest absolute Gasteiger partial charge is 0.0332 e. The Kier molecular flexibility index (Phi) is 6.66. The van der Waals surface area contributed by atoms with Crippen molar-refractivity contribution in [2.24, 2.45) is 0 Å². The quantitative estimate of drug-likeness (QED) is 0.161. The maximum Gasteiger partial charge on any atom is 0.0332 e. The van der Waals surface area contributed by atoms with E-state index in [4.69, 9.17) is 0 Å². The van der Waals surface area contributed by atoms with E-state index in [1.54, 1.807) is 0 Å². The third-order valence-electron chi connectivity index (χ3n) is 10.6. The summed E-state index contributed by atoms with van der Waals surface area (Å²) in [6, 6.07) is 62.8. The molecule has 0 nitrogen and oxygen atoms in total. The molecule has 0 N–H and O–H groups in total. The predicted octanol–water partition coefficient (Wildman–Crippen LogP) is 14.7. The Labute approximate surface area is 299 Å². The first-order chi connectivity index (χ1) is 24.7. The minimum atomic E-state index is 1.14. The summed E-state index contributed by atoms with van der Waals surface area (Å²) in [6.45, 7) is 2.26. The van der Waals surface area contributed by atoms with Gasteiger partial charge in [0.25, 0.3) is 0 Å². The van der Waals surface area contributed by atoms with Crippen molar-refractivity contribution >= 4 is 80.6 Å². The first kappa shape index (κ1) is 29.2. The number of rotatable bonds is 3. The maximum atomic E-state index is 4.01. The van der Waals surface area contributed by atoms with Gasteiger partial charge < -0.3 is 0 Å². The van der Waals surface area contributed by atoms with E-state index >= 15 is 0 Å². The molecular weight excluding hydrogens is 668 g/mol. The normalized spacial score (nSPS) is 11.8. The molecule has 0 saturated heterocycles. The van der Waals surface area contributed by atoms with Gasteiger partial charge in [0.1, 0.15) is 0 Å². The second kappa shape index (κ2) is 11.4. The van der Waals surface area contributed by atoms with Crippen LogP contribution in [-0.2, 0) is 0 Å². The van der Waals surface area contributed by atoms with Crippen LogP contribution in [0.15, 0.2) is 174 Å². The van der Waals surface area contributed by atoms with E-state index in [1.165, 1.54) is 104 Å². The van der Waals surface area contributed by atoms with Crippen LogP contribution < -0.4 is 0 Å². The first-order valence-corrected chi connectivity index (χ1v) is 18.0. The lowest BCUT2D eigenvalue weighted by Crippen LogP contribution is -1.93. The zero-order valence-electron chi connectivity index (χ0n) is 27.5. The van der Waals surface area contributed by atoms with Crippen LogP contribution in [0.3, 0.4) is 0 Å². The van der Waals surface area contributed by atoms with Gasteiger partial charge >= 0.3 is 0 Å². The summed E-state index contributed by atoms with van der Waals surface area (Å²) in [5.41, 5.74) is 8.78. The molecule has 0 bridgehead atoms. The Balaban J connectivity index is 1.42. The summed E-state index contributed by atoms with van der Waals surface area (Å²) in [7, 11) is 0. The highest BCUT2D eigenvalue weighted by atomic mass is 79.9. The second-order valence-corrected chi connectivity index (χ2v) is 14.2. The van der Waals surface area contributed by atoms with Gasteiger partial charge in [0.05, 0.1) is 0 Å². The van der Waals surface area contributed by atoms with Gasteiger partial charge in [-0.05, 0) is 151 Å². The molecule has 0 aliphatic heterocycles. The molecule has 0 aliphatic rings. The lowest BCUT2D eigenvalue weighted by atomic mass is 9.83. The topological polar surface area (TPSA) is 0 Å². The van der Waals surface area contributed by atoms with Gasteiger partial charge in [0, 0.05) is 4.47 Å². The van der Waals surface area contributed by atoms with Gasteiger partial charge in [-0.25, -0.2) is 0 Å². The average molecular weight is 700 g/mol.